The van der Waals surface area contributed by atoms with Gasteiger partial charge in [0.15, 0.2) is 11.5 Å². The van der Waals surface area contributed by atoms with Crippen molar-refractivity contribution in [1.82, 2.24) is 4.31 Å². The van der Waals surface area contributed by atoms with Crippen LogP contribution in [0.4, 0.5) is 0 Å². The Morgan fingerprint density at radius 1 is 1.14 bits per heavy atom. The Labute approximate surface area is 124 Å². The predicted octanol–water partition coefficient (Wildman–Crippen LogP) is 1.61. The zero-order valence-corrected chi connectivity index (χ0v) is 12.6. The molecule has 0 radical (unpaired) electrons. The summed E-state index contributed by atoms with van der Waals surface area (Å²) in [6.07, 6.45) is 2.41. The highest BCUT2D eigenvalue weighted by atomic mass is 32.2. The Bertz CT molecular complexity index is 595. The normalized spacial score (nSPS) is 18.1. The van der Waals surface area contributed by atoms with Crippen molar-refractivity contribution in [1.29, 1.82) is 0 Å². The van der Waals surface area contributed by atoms with Gasteiger partial charge in [-0.15, -0.1) is 0 Å². The fraction of sp³-hybridized carbons (Fsp3) is 0.571. The maximum absolute atomic E-state index is 12.0. The van der Waals surface area contributed by atoms with Crippen molar-refractivity contribution in [3.05, 3.63) is 18.2 Å². The average molecular weight is 313 g/mol. The van der Waals surface area contributed by atoms with E-state index in [-0.39, 0.29) is 12.5 Å². The number of sulfonamides is 1. The minimum Gasteiger partial charge on any atom is -0.493 e. The molecule has 0 amide bonds. The highest BCUT2D eigenvalue weighted by molar-refractivity contribution is 7.89. The second-order valence-electron chi connectivity index (χ2n) is 5.14. The maximum atomic E-state index is 12.0. The maximum Gasteiger partial charge on any atom is 0.231 e. The van der Waals surface area contributed by atoms with Gasteiger partial charge < -0.3 is 14.2 Å². The summed E-state index contributed by atoms with van der Waals surface area (Å²) in [7, 11) is -3.12. The Balaban J connectivity index is 1.46. The molecular formula is C14H19NO5S. The molecule has 0 atom stereocenters. The minimum atomic E-state index is -3.12. The second-order valence-corrected chi connectivity index (χ2v) is 7.23. The molecule has 2 aliphatic rings. The lowest BCUT2D eigenvalue weighted by atomic mass is 10.3. The molecular weight excluding hydrogens is 294 g/mol. The van der Waals surface area contributed by atoms with Gasteiger partial charge in [-0.2, -0.15) is 0 Å². The fourth-order valence-corrected chi connectivity index (χ4v) is 4.05. The van der Waals surface area contributed by atoms with Crippen molar-refractivity contribution in [3.8, 4) is 17.2 Å². The van der Waals surface area contributed by atoms with Crippen molar-refractivity contribution in [2.24, 2.45) is 0 Å². The van der Waals surface area contributed by atoms with Crippen LogP contribution in [0.15, 0.2) is 18.2 Å². The lowest BCUT2D eigenvalue weighted by Crippen LogP contribution is -2.30. The Kier molecular flexibility index (Phi) is 4.21. The molecule has 0 spiro atoms. The van der Waals surface area contributed by atoms with Crippen LogP contribution in [0.25, 0.3) is 0 Å². The van der Waals surface area contributed by atoms with Crippen molar-refractivity contribution in [2.75, 3.05) is 32.2 Å². The number of benzene rings is 1. The molecule has 0 aromatic heterocycles. The van der Waals surface area contributed by atoms with Gasteiger partial charge >= 0.3 is 0 Å². The Hall–Kier alpha value is -1.47. The van der Waals surface area contributed by atoms with Crippen LogP contribution in [0.1, 0.15) is 19.3 Å². The van der Waals surface area contributed by atoms with E-state index in [0.717, 1.165) is 12.8 Å². The van der Waals surface area contributed by atoms with Crippen molar-refractivity contribution in [3.63, 3.8) is 0 Å². The monoisotopic (exact) mass is 313 g/mol. The van der Waals surface area contributed by atoms with Crippen LogP contribution in [0.5, 0.6) is 17.2 Å². The quantitative estimate of drug-likeness (QED) is 0.747. The fourth-order valence-electron chi connectivity index (χ4n) is 2.49. The van der Waals surface area contributed by atoms with Gasteiger partial charge in [0.1, 0.15) is 5.75 Å². The van der Waals surface area contributed by atoms with Crippen LogP contribution in [0.3, 0.4) is 0 Å². The average Bonchev–Trinajstić information content (AvgIpc) is 3.14. The molecule has 6 nitrogen and oxygen atoms in total. The third-order valence-corrected chi connectivity index (χ3v) is 5.57. The first kappa shape index (κ1) is 14.5. The minimum absolute atomic E-state index is 0.136. The van der Waals surface area contributed by atoms with E-state index < -0.39 is 10.0 Å². The highest BCUT2D eigenvalue weighted by Crippen LogP contribution is 2.35. The standard InChI is InChI=1S/C14H19NO5S/c16-21(17,15-6-1-2-7-15)9-3-8-18-12-4-5-13-14(10-12)20-11-19-13/h4-5,10H,1-3,6-9,11H2. The number of rotatable bonds is 6. The summed E-state index contributed by atoms with van der Waals surface area (Å²) in [5, 5.41) is 0. The van der Waals surface area contributed by atoms with Crippen LogP contribution in [0.2, 0.25) is 0 Å². The van der Waals surface area contributed by atoms with E-state index in [9.17, 15) is 8.42 Å². The van der Waals surface area contributed by atoms with Crippen LogP contribution in [-0.4, -0.2) is 45.0 Å². The first-order valence-electron chi connectivity index (χ1n) is 7.15. The summed E-state index contributed by atoms with van der Waals surface area (Å²) in [6.45, 7) is 1.91. The zero-order chi connectivity index (χ0) is 14.7. The first-order chi connectivity index (χ1) is 10.1. The lowest BCUT2D eigenvalue weighted by Gasteiger charge is -2.15. The van der Waals surface area contributed by atoms with Gasteiger partial charge in [-0.05, 0) is 31.4 Å². The molecule has 116 valence electrons. The molecule has 0 unspecified atom stereocenters. The van der Waals surface area contributed by atoms with Crippen molar-refractivity contribution >= 4 is 10.0 Å². The van der Waals surface area contributed by atoms with E-state index in [1.165, 1.54) is 0 Å². The van der Waals surface area contributed by atoms with Crippen molar-refractivity contribution < 1.29 is 22.6 Å². The highest BCUT2D eigenvalue weighted by Gasteiger charge is 2.24. The van der Waals surface area contributed by atoms with Crippen LogP contribution in [0, 0.1) is 0 Å². The SMILES string of the molecule is O=S(=O)(CCCOc1ccc2c(c1)OCO2)N1CCCC1. The van der Waals surface area contributed by atoms with Crippen LogP contribution >= 0.6 is 0 Å². The van der Waals surface area contributed by atoms with Gasteiger partial charge in [0.2, 0.25) is 16.8 Å². The molecule has 0 bridgehead atoms. The van der Waals surface area contributed by atoms with E-state index in [1.54, 1.807) is 22.5 Å². The van der Waals surface area contributed by atoms with Gasteiger partial charge in [0, 0.05) is 19.2 Å². The number of ether oxygens (including phenoxy) is 3. The predicted molar refractivity (Wildman–Crippen MR) is 77.3 cm³/mol. The van der Waals surface area contributed by atoms with E-state index in [2.05, 4.69) is 0 Å². The molecule has 1 saturated heterocycles. The Morgan fingerprint density at radius 3 is 2.71 bits per heavy atom. The van der Waals surface area contributed by atoms with E-state index in [4.69, 9.17) is 14.2 Å². The molecule has 0 aliphatic carbocycles. The van der Waals surface area contributed by atoms with Crippen LogP contribution < -0.4 is 14.2 Å². The largest absolute Gasteiger partial charge is 0.493 e. The smallest absolute Gasteiger partial charge is 0.231 e. The van der Waals surface area contributed by atoms with Gasteiger partial charge in [-0.1, -0.05) is 0 Å². The number of hydrogen-bond donors (Lipinski definition) is 0. The summed E-state index contributed by atoms with van der Waals surface area (Å²) < 4.78 is 41.7. The molecule has 3 rings (SSSR count). The number of nitrogens with zero attached hydrogens (tertiary/aromatic N) is 1. The van der Waals surface area contributed by atoms with E-state index in [0.29, 0.717) is 43.4 Å². The molecule has 0 saturated carbocycles. The van der Waals surface area contributed by atoms with Crippen molar-refractivity contribution in [2.45, 2.75) is 19.3 Å². The lowest BCUT2D eigenvalue weighted by molar-refractivity contribution is 0.173. The molecule has 0 N–H and O–H groups in total. The van der Waals surface area contributed by atoms with Gasteiger partial charge in [-0.25, -0.2) is 12.7 Å². The molecule has 1 fully saturated rings. The summed E-state index contributed by atoms with van der Waals surface area (Å²) in [5.74, 6) is 2.17. The first-order valence-corrected chi connectivity index (χ1v) is 8.76. The summed E-state index contributed by atoms with van der Waals surface area (Å²) >= 11 is 0. The molecule has 1 aromatic carbocycles. The Morgan fingerprint density at radius 2 is 1.90 bits per heavy atom. The second kappa shape index (κ2) is 6.11. The van der Waals surface area contributed by atoms with Gasteiger partial charge in [0.05, 0.1) is 12.4 Å². The third kappa shape index (κ3) is 3.41. The van der Waals surface area contributed by atoms with Gasteiger partial charge in [-0.3, -0.25) is 0 Å². The van der Waals surface area contributed by atoms with E-state index in [1.807, 2.05) is 0 Å². The molecule has 2 heterocycles. The summed E-state index contributed by atoms with van der Waals surface area (Å²) in [5.41, 5.74) is 0. The van der Waals surface area contributed by atoms with Gasteiger partial charge in [0.25, 0.3) is 0 Å². The number of hydrogen-bond acceptors (Lipinski definition) is 5. The molecule has 2 aliphatic heterocycles. The molecule has 21 heavy (non-hydrogen) atoms. The summed E-state index contributed by atoms with van der Waals surface area (Å²) in [4.78, 5) is 0. The molecule has 1 aromatic rings. The summed E-state index contributed by atoms with van der Waals surface area (Å²) in [6, 6.07) is 5.35. The number of fused-ring (bicyclic) bond motifs is 1. The van der Waals surface area contributed by atoms with Crippen LogP contribution in [-0.2, 0) is 10.0 Å². The zero-order valence-electron chi connectivity index (χ0n) is 11.8. The third-order valence-electron chi connectivity index (χ3n) is 3.62. The molecule has 7 heteroatoms. The topological polar surface area (TPSA) is 65.1 Å². The van der Waals surface area contributed by atoms with E-state index >= 15 is 0 Å².